The zero-order valence-corrected chi connectivity index (χ0v) is 9.03. The van der Waals surface area contributed by atoms with E-state index in [0.29, 0.717) is 11.5 Å². The molecule has 72 valence electrons. The van der Waals surface area contributed by atoms with Crippen LogP contribution in [0.1, 0.15) is 37.6 Å². The second kappa shape index (κ2) is 3.39. The van der Waals surface area contributed by atoms with Crippen LogP contribution in [0, 0.1) is 5.41 Å². The molecule has 13 heavy (non-hydrogen) atoms. The molecule has 1 atom stereocenters. The molecule has 2 nitrogen and oxygen atoms in total. The zero-order chi connectivity index (χ0) is 9.31. The first-order valence-electron chi connectivity index (χ1n) is 4.81. The number of thiazole rings is 1. The summed E-state index contributed by atoms with van der Waals surface area (Å²) in [6.07, 6.45) is 4.72. The molecular formula is C10H16N2S. The number of hydrogen-bond acceptors (Lipinski definition) is 3. The maximum atomic E-state index is 4.08. The third-order valence-corrected chi connectivity index (χ3v) is 3.78. The first-order valence-corrected chi connectivity index (χ1v) is 5.69. The Morgan fingerprint density at radius 2 is 2.46 bits per heavy atom. The van der Waals surface area contributed by atoms with Crippen LogP contribution in [0.15, 0.2) is 11.7 Å². The summed E-state index contributed by atoms with van der Waals surface area (Å²) < 4.78 is 0. The van der Waals surface area contributed by atoms with E-state index in [1.807, 2.05) is 11.7 Å². The molecule has 0 amide bonds. The van der Waals surface area contributed by atoms with Crippen molar-refractivity contribution in [2.24, 2.45) is 5.41 Å². The van der Waals surface area contributed by atoms with E-state index in [0.717, 1.165) is 6.54 Å². The van der Waals surface area contributed by atoms with Gasteiger partial charge in [-0.3, -0.25) is 4.98 Å². The molecule has 3 heteroatoms. The number of nitrogens with one attached hydrogen (secondary N) is 1. The van der Waals surface area contributed by atoms with Crippen LogP contribution in [0.4, 0.5) is 0 Å². The van der Waals surface area contributed by atoms with Crippen molar-refractivity contribution in [2.45, 2.75) is 32.7 Å². The SMILES string of the molecule is CC(NCC1(C)CC1)c1cncs1. The van der Waals surface area contributed by atoms with Crippen LogP contribution in [-0.4, -0.2) is 11.5 Å². The Bertz CT molecular complexity index is 264. The van der Waals surface area contributed by atoms with E-state index in [-0.39, 0.29) is 0 Å². The number of aromatic nitrogens is 1. The lowest BCUT2D eigenvalue weighted by Gasteiger charge is -2.15. The van der Waals surface area contributed by atoms with Gasteiger partial charge in [0.25, 0.3) is 0 Å². The molecule has 1 N–H and O–H groups in total. The fourth-order valence-corrected chi connectivity index (χ4v) is 1.98. The van der Waals surface area contributed by atoms with E-state index in [1.165, 1.54) is 17.7 Å². The summed E-state index contributed by atoms with van der Waals surface area (Å²) in [5, 5.41) is 3.56. The third kappa shape index (κ3) is 2.29. The van der Waals surface area contributed by atoms with Crippen LogP contribution in [0.25, 0.3) is 0 Å². The fraction of sp³-hybridized carbons (Fsp3) is 0.700. The minimum Gasteiger partial charge on any atom is -0.309 e. The van der Waals surface area contributed by atoms with Gasteiger partial charge in [-0.15, -0.1) is 11.3 Å². The van der Waals surface area contributed by atoms with Gasteiger partial charge in [0.1, 0.15) is 0 Å². The summed E-state index contributed by atoms with van der Waals surface area (Å²) >= 11 is 1.73. The average molecular weight is 196 g/mol. The van der Waals surface area contributed by atoms with Crippen molar-refractivity contribution in [1.82, 2.24) is 10.3 Å². The molecule has 0 spiro atoms. The molecule has 0 aromatic carbocycles. The van der Waals surface area contributed by atoms with Crippen LogP contribution in [-0.2, 0) is 0 Å². The Hall–Kier alpha value is -0.410. The van der Waals surface area contributed by atoms with Crippen molar-refractivity contribution in [2.75, 3.05) is 6.54 Å². The lowest BCUT2D eigenvalue weighted by atomic mass is 10.1. The maximum Gasteiger partial charge on any atom is 0.0794 e. The average Bonchev–Trinajstić information content (AvgIpc) is 2.69. The van der Waals surface area contributed by atoms with E-state index >= 15 is 0 Å². The van der Waals surface area contributed by atoms with Crippen LogP contribution < -0.4 is 5.32 Å². The summed E-state index contributed by atoms with van der Waals surface area (Å²) in [7, 11) is 0. The van der Waals surface area contributed by atoms with Gasteiger partial charge in [0.2, 0.25) is 0 Å². The van der Waals surface area contributed by atoms with Crippen LogP contribution in [0.3, 0.4) is 0 Å². The lowest BCUT2D eigenvalue weighted by Crippen LogP contribution is -2.24. The van der Waals surface area contributed by atoms with Gasteiger partial charge >= 0.3 is 0 Å². The van der Waals surface area contributed by atoms with E-state index in [4.69, 9.17) is 0 Å². The molecule has 0 aliphatic heterocycles. The van der Waals surface area contributed by atoms with E-state index in [9.17, 15) is 0 Å². The molecule has 1 aliphatic rings. The first kappa shape index (κ1) is 9.16. The number of nitrogens with zero attached hydrogens (tertiary/aromatic N) is 1. The molecule has 1 unspecified atom stereocenters. The highest BCUT2D eigenvalue weighted by Gasteiger charge is 2.36. The fourth-order valence-electron chi connectivity index (χ4n) is 1.33. The van der Waals surface area contributed by atoms with Crippen LogP contribution >= 0.6 is 11.3 Å². The van der Waals surface area contributed by atoms with Gasteiger partial charge in [-0.2, -0.15) is 0 Å². The largest absolute Gasteiger partial charge is 0.309 e. The van der Waals surface area contributed by atoms with E-state index in [2.05, 4.69) is 24.1 Å². The Balaban J connectivity index is 1.82. The normalized spacial score (nSPS) is 21.4. The first-order chi connectivity index (χ1) is 6.20. The monoisotopic (exact) mass is 196 g/mol. The van der Waals surface area contributed by atoms with Crippen molar-refractivity contribution < 1.29 is 0 Å². The summed E-state index contributed by atoms with van der Waals surface area (Å²) in [5.74, 6) is 0. The Morgan fingerprint density at radius 3 is 3.00 bits per heavy atom. The Labute approximate surface area is 83.4 Å². The maximum absolute atomic E-state index is 4.08. The summed E-state index contributed by atoms with van der Waals surface area (Å²) in [6.45, 7) is 5.70. The van der Waals surface area contributed by atoms with E-state index < -0.39 is 0 Å². The van der Waals surface area contributed by atoms with E-state index in [1.54, 1.807) is 11.3 Å². The van der Waals surface area contributed by atoms with Gasteiger partial charge in [0.05, 0.1) is 5.51 Å². The van der Waals surface area contributed by atoms with Crippen molar-refractivity contribution in [1.29, 1.82) is 0 Å². The van der Waals surface area contributed by atoms with Gasteiger partial charge in [0, 0.05) is 23.7 Å². The third-order valence-electron chi connectivity index (χ3n) is 2.82. The van der Waals surface area contributed by atoms with Gasteiger partial charge in [-0.1, -0.05) is 6.92 Å². The molecule has 1 fully saturated rings. The number of rotatable bonds is 4. The van der Waals surface area contributed by atoms with Gasteiger partial charge in [0.15, 0.2) is 0 Å². The molecule has 2 rings (SSSR count). The summed E-state index contributed by atoms with van der Waals surface area (Å²) in [5.41, 5.74) is 2.49. The summed E-state index contributed by atoms with van der Waals surface area (Å²) in [6, 6.07) is 0.463. The highest BCUT2D eigenvalue weighted by Crippen LogP contribution is 2.44. The highest BCUT2D eigenvalue weighted by atomic mass is 32.1. The van der Waals surface area contributed by atoms with Crippen molar-refractivity contribution >= 4 is 11.3 Å². The quantitative estimate of drug-likeness (QED) is 0.800. The van der Waals surface area contributed by atoms with Crippen molar-refractivity contribution in [3.63, 3.8) is 0 Å². The topological polar surface area (TPSA) is 24.9 Å². The van der Waals surface area contributed by atoms with Crippen LogP contribution in [0.5, 0.6) is 0 Å². The molecule has 1 saturated carbocycles. The van der Waals surface area contributed by atoms with Crippen molar-refractivity contribution in [3.8, 4) is 0 Å². The lowest BCUT2D eigenvalue weighted by molar-refractivity contribution is 0.460. The second-order valence-electron chi connectivity index (χ2n) is 4.32. The molecule has 1 aromatic heterocycles. The standard InChI is InChI=1S/C10H16N2S/c1-8(9-5-11-7-13-9)12-6-10(2)3-4-10/h5,7-8,12H,3-4,6H2,1-2H3. The smallest absolute Gasteiger partial charge is 0.0794 e. The highest BCUT2D eigenvalue weighted by molar-refractivity contribution is 7.09. The minimum atomic E-state index is 0.463. The molecule has 0 radical (unpaired) electrons. The minimum absolute atomic E-state index is 0.463. The second-order valence-corrected chi connectivity index (χ2v) is 5.23. The molecular weight excluding hydrogens is 180 g/mol. The molecule has 1 aliphatic carbocycles. The molecule has 0 bridgehead atoms. The Kier molecular flexibility index (Phi) is 2.39. The molecule has 0 saturated heterocycles. The van der Waals surface area contributed by atoms with Crippen molar-refractivity contribution in [3.05, 3.63) is 16.6 Å². The summed E-state index contributed by atoms with van der Waals surface area (Å²) in [4.78, 5) is 5.42. The van der Waals surface area contributed by atoms with Gasteiger partial charge < -0.3 is 5.32 Å². The Morgan fingerprint density at radius 1 is 1.69 bits per heavy atom. The molecule has 1 heterocycles. The predicted octanol–water partition coefficient (Wildman–Crippen LogP) is 2.59. The molecule has 1 aromatic rings. The van der Waals surface area contributed by atoms with Gasteiger partial charge in [-0.05, 0) is 25.2 Å². The zero-order valence-electron chi connectivity index (χ0n) is 8.21. The van der Waals surface area contributed by atoms with Gasteiger partial charge in [-0.25, -0.2) is 0 Å². The predicted molar refractivity (Wildman–Crippen MR) is 55.9 cm³/mol. The van der Waals surface area contributed by atoms with Crippen LogP contribution in [0.2, 0.25) is 0 Å². The number of hydrogen-bond donors (Lipinski definition) is 1.